The Kier molecular flexibility index (Phi) is 3.08. The predicted molar refractivity (Wildman–Crippen MR) is 64.0 cm³/mol. The van der Waals surface area contributed by atoms with Crippen LogP contribution in [-0.4, -0.2) is 26.2 Å². The first-order valence-corrected chi connectivity index (χ1v) is 5.78. The summed E-state index contributed by atoms with van der Waals surface area (Å²) in [6.45, 7) is 6.54. The fourth-order valence-electron chi connectivity index (χ4n) is 1.75. The third-order valence-corrected chi connectivity index (χ3v) is 3.51. The number of anilines is 1. The summed E-state index contributed by atoms with van der Waals surface area (Å²) in [5, 5.41) is 3.36. The van der Waals surface area contributed by atoms with Gasteiger partial charge in [-0.2, -0.15) is 0 Å². The van der Waals surface area contributed by atoms with Gasteiger partial charge in [0.25, 0.3) is 0 Å². The molecule has 1 aliphatic heterocycles. The molecule has 0 atom stereocenters. The molecule has 1 aliphatic rings. The molecule has 14 heavy (non-hydrogen) atoms. The molecule has 76 valence electrons. The summed E-state index contributed by atoms with van der Waals surface area (Å²) in [4.78, 5) is 2.43. The minimum absolute atomic E-state index is 1.09. The standard InChI is InChI=1S/C11H15BrN2/c1-9-8-10(2-3-11(9)12)14-6-4-13-5-7-14/h2-3,8,13H,4-7H2,1H3. The lowest BCUT2D eigenvalue weighted by atomic mass is 10.2. The van der Waals surface area contributed by atoms with Crippen LogP contribution in [0.15, 0.2) is 22.7 Å². The van der Waals surface area contributed by atoms with Gasteiger partial charge in [-0.3, -0.25) is 0 Å². The summed E-state index contributed by atoms with van der Waals surface area (Å²) in [7, 11) is 0. The molecule has 1 N–H and O–H groups in total. The lowest BCUT2D eigenvalue weighted by Crippen LogP contribution is -2.43. The molecule has 0 bridgehead atoms. The van der Waals surface area contributed by atoms with Gasteiger partial charge in [-0.1, -0.05) is 15.9 Å². The number of piperazine rings is 1. The van der Waals surface area contributed by atoms with E-state index in [2.05, 4.69) is 51.3 Å². The van der Waals surface area contributed by atoms with E-state index in [0.29, 0.717) is 0 Å². The second-order valence-corrected chi connectivity index (χ2v) is 4.52. The fourth-order valence-corrected chi connectivity index (χ4v) is 2.00. The van der Waals surface area contributed by atoms with E-state index in [1.54, 1.807) is 0 Å². The predicted octanol–water partition coefficient (Wildman–Crippen LogP) is 2.17. The van der Waals surface area contributed by atoms with Crippen LogP contribution in [0.2, 0.25) is 0 Å². The first-order valence-electron chi connectivity index (χ1n) is 4.99. The second kappa shape index (κ2) is 4.32. The van der Waals surface area contributed by atoms with Crippen LogP contribution in [0, 0.1) is 6.92 Å². The highest BCUT2D eigenvalue weighted by atomic mass is 79.9. The van der Waals surface area contributed by atoms with Crippen molar-refractivity contribution >= 4 is 21.6 Å². The highest BCUT2D eigenvalue weighted by molar-refractivity contribution is 9.10. The highest BCUT2D eigenvalue weighted by Gasteiger charge is 2.10. The Morgan fingerprint density at radius 3 is 2.64 bits per heavy atom. The van der Waals surface area contributed by atoms with E-state index >= 15 is 0 Å². The van der Waals surface area contributed by atoms with Crippen LogP contribution in [0.3, 0.4) is 0 Å². The molecule has 2 rings (SSSR count). The summed E-state index contributed by atoms with van der Waals surface area (Å²) in [5.41, 5.74) is 2.65. The molecular weight excluding hydrogens is 240 g/mol. The maximum Gasteiger partial charge on any atom is 0.0370 e. The Hall–Kier alpha value is -0.540. The monoisotopic (exact) mass is 254 g/mol. The molecule has 1 aromatic rings. The van der Waals surface area contributed by atoms with Crippen LogP contribution in [0.1, 0.15) is 5.56 Å². The lowest BCUT2D eigenvalue weighted by Gasteiger charge is -2.29. The summed E-state index contributed by atoms with van der Waals surface area (Å²) in [5.74, 6) is 0. The zero-order valence-corrected chi connectivity index (χ0v) is 9.97. The van der Waals surface area contributed by atoms with Gasteiger partial charge in [0.1, 0.15) is 0 Å². The molecule has 2 nitrogen and oxygen atoms in total. The van der Waals surface area contributed by atoms with Crippen molar-refractivity contribution in [2.24, 2.45) is 0 Å². The molecule has 1 aromatic carbocycles. The molecule has 3 heteroatoms. The van der Waals surface area contributed by atoms with Crippen LogP contribution in [-0.2, 0) is 0 Å². The lowest BCUT2D eigenvalue weighted by molar-refractivity contribution is 0.589. The molecule has 0 spiro atoms. The molecular formula is C11H15BrN2. The minimum atomic E-state index is 1.09. The quantitative estimate of drug-likeness (QED) is 0.827. The number of halogens is 1. The Balaban J connectivity index is 2.18. The number of hydrogen-bond donors (Lipinski definition) is 1. The number of benzene rings is 1. The van der Waals surface area contributed by atoms with Gasteiger partial charge in [-0.05, 0) is 30.7 Å². The van der Waals surface area contributed by atoms with Crippen LogP contribution in [0.5, 0.6) is 0 Å². The smallest absolute Gasteiger partial charge is 0.0370 e. The number of hydrogen-bond acceptors (Lipinski definition) is 2. The van der Waals surface area contributed by atoms with Crippen molar-refractivity contribution in [1.82, 2.24) is 5.32 Å². The van der Waals surface area contributed by atoms with E-state index in [1.807, 2.05) is 0 Å². The van der Waals surface area contributed by atoms with Crippen LogP contribution in [0.4, 0.5) is 5.69 Å². The molecule has 0 radical (unpaired) electrons. The zero-order chi connectivity index (χ0) is 9.97. The molecule has 0 amide bonds. The topological polar surface area (TPSA) is 15.3 Å². The summed E-state index contributed by atoms with van der Waals surface area (Å²) < 4.78 is 1.19. The van der Waals surface area contributed by atoms with Gasteiger partial charge in [0.15, 0.2) is 0 Å². The Bertz CT molecular complexity index is 319. The van der Waals surface area contributed by atoms with Crippen LogP contribution < -0.4 is 10.2 Å². The molecule has 1 fully saturated rings. The maximum absolute atomic E-state index is 3.52. The van der Waals surface area contributed by atoms with Crippen molar-refractivity contribution < 1.29 is 0 Å². The highest BCUT2D eigenvalue weighted by Crippen LogP contribution is 2.22. The zero-order valence-electron chi connectivity index (χ0n) is 8.39. The van der Waals surface area contributed by atoms with Crippen molar-refractivity contribution in [1.29, 1.82) is 0 Å². The average Bonchev–Trinajstić information content (AvgIpc) is 2.23. The van der Waals surface area contributed by atoms with Crippen molar-refractivity contribution in [3.05, 3.63) is 28.2 Å². The normalized spacial score (nSPS) is 17.1. The van der Waals surface area contributed by atoms with Crippen molar-refractivity contribution in [2.45, 2.75) is 6.92 Å². The first kappa shape index (κ1) is 9.99. The van der Waals surface area contributed by atoms with Gasteiger partial charge >= 0.3 is 0 Å². The molecule has 0 unspecified atom stereocenters. The molecule has 1 saturated heterocycles. The summed E-state index contributed by atoms with van der Waals surface area (Å²) in [6, 6.07) is 6.56. The SMILES string of the molecule is Cc1cc(N2CCNCC2)ccc1Br. The van der Waals surface area contributed by atoms with E-state index in [-0.39, 0.29) is 0 Å². The van der Waals surface area contributed by atoms with Gasteiger partial charge in [0.05, 0.1) is 0 Å². The maximum atomic E-state index is 3.52. The molecule has 1 heterocycles. The van der Waals surface area contributed by atoms with E-state index in [0.717, 1.165) is 26.2 Å². The second-order valence-electron chi connectivity index (χ2n) is 3.67. The Morgan fingerprint density at radius 1 is 1.29 bits per heavy atom. The fraction of sp³-hybridized carbons (Fsp3) is 0.455. The van der Waals surface area contributed by atoms with Gasteiger partial charge in [0.2, 0.25) is 0 Å². The number of rotatable bonds is 1. The Labute approximate surface area is 93.4 Å². The van der Waals surface area contributed by atoms with E-state index in [1.165, 1.54) is 15.7 Å². The van der Waals surface area contributed by atoms with Gasteiger partial charge in [0, 0.05) is 36.3 Å². The molecule has 0 aromatic heterocycles. The third-order valence-electron chi connectivity index (χ3n) is 2.62. The largest absolute Gasteiger partial charge is 0.369 e. The van der Waals surface area contributed by atoms with Crippen molar-refractivity contribution in [3.8, 4) is 0 Å². The van der Waals surface area contributed by atoms with E-state index in [9.17, 15) is 0 Å². The molecule has 0 saturated carbocycles. The van der Waals surface area contributed by atoms with E-state index < -0.39 is 0 Å². The van der Waals surface area contributed by atoms with Crippen molar-refractivity contribution in [3.63, 3.8) is 0 Å². The van der Waals surface area contributed by atoms with Crippen molar-refractivity contribution in [2.75, 3.05) is 31.1 Å². The first-order chi connectivity index (χ1) is 6.77. The Morgan fingerprint density at radius 2 is 2.00 bits per heavy atom. The minimum Gasteiger partial charge on any atom is -0.369 e. The van der Waals surface area contributed by atoms with Gasteiger partial charge < -0.3 is 10.2 Å². The number of nitrogens with zero attached hydrogens (tertiary/aromatic N) is 1. The van der Waals surface area contributed by atoms with E-state index in [4.69, 9.17) is 0 Å². The number of aryl methyl sites for hydroxylation is 1. The van der Waals surface area contributed by atoms with Gasteiger partial charge in [-0.25, -0.2) is 0 Å². The third kappa shape index (κ3) is 2.10. The summed E-state index contributed by atoms with van der Waals surface area (Å²) >= 11 is 3.52. The van der Waals surface area contributed by atoms with Crippen LogP contribution >= 0.6 is 15.9 Å². The number of nitrogens with one attached hydrogen (secondary N) is 1. The molecule has 0 aliphatic carbocycles. The van der Waals surface area contributed by atoms with Gasteiger partial charge in [-0.15, -0.1) is 0 Å². The summed E-state index contributed by atoms with van der Waals surface area (Å²) in [6.07, 6.45) is 0. The average molecular weight is 255 g/mol. The van der Waals surface area contributed by atoms with Crippen LogP contribution in [0.25, 0.3) is 0 Å².